The van der Waals surface area contributed by atoms with Crippen molar-refractivity contribution in [1.82, 2.24) is 10.2 Å². The molecule has 6 nitrogen and oxygen atoms in total. The van der Waals surface area contributed by atoms with Crippen LogP contribution in [0.4, 0.5) is 4.79 Å². The molecular weight excluding hydrogens is 328 g/mol. The van der Waals surface area contributed by atoms with Crippen LogP contribution in [0.5, 0.6) is 5.75 Å². The average Bonchev–Trinajstić information content (AvgIpc) is 3.19. The largest absolute Gasteiger partial charge is 0.497 e. The van der Waals surface area contributed by atoms with E-state index in [9.17, 15) is 14.4 Å². The maximum atomic E-state index is 12.8. The van der Waals surface area contributed by atoms with Gasteiger partial charge >= 0.3 is 6.03 Å². The first kappa shape index (κ1) is 16.2. The Morgan fingerprint density at radius 1 is 1.25 bits per heavy atom. The number of nitrogens with zero attached hydrogens (tertiary/aromatic N) is 1. The number of rotatable bonds is 5. The topological polar surface area (TPSA) is 75.7 Å². The highest BCUT2D eigenvalue weighted by molar-refractivity contribution is 7.12. The maximum Gasteiger partial charge on any atom is 0.325 e. The normalized spacial score (nSPS) is 20.2. The van der Waals surface area contributed by atoms with Gasteiger partial charge in [0.25, 0.3) is 5.91 Å². The van der Waals surface area contributed by atoms with Crippen LogP contribution in [0.1, 0.15) is 22.2 Å². The number of ketones is 1. The molecule has 2 aromatic rings. The third kappa shape index (κ3) is 2.67. The summed E-state index contributed by atoms with van der Waals surface area (Å²) in [5.74, 6) is -0.0427. The van der Waals surface area contributed by atoms with E-state index in [2.05, 4.69) is 5.32 Å². The van der Waals surface area contributed by atoms with Crippen LogP contribution < -0.4 is 10.1 Å². The Labute approximate surface area is 143 Å². The van der Waals surface area contributed by atoms with Gasteiger partial charge in [0.05, 0.1) is 18.5 Å². The van der Waals surface area contributed by atoms with Gasteiger partial charge in [-0.1, -0.05) is 18.2 Å². The van der Waals surface area contributed by atoms with Crippen LogP contribution in [0.25, 0.3) is 0 Å². The predicted molar refractivity (Wildman–Crippen MR) is 89.2 cm³/mol. The van der Waals surface area contributed by atoms with E-state index in [0.717, 1.165) is 4.90 Å². The number of urea groups is 1. The van der Waals surface area contributed by atoms with E-state index >= 15 is 0 Å². The number of ether oxygens (including phenoxy) is 1. The number of Topliss-reactive ketones (excluding diaryl/α,β-unsaturated/α-hetero) is 1. The van der Waals surface area contributed by atoms with Crippen LogP contribution in [0.2, 0.25) is 0 Å². The zero-order valence-corrected chi connectivity index (χ0v) is 14.1. The molecule has 0 aliphatic carbocycles. The number of carbonyl (C=O) groups excluding carboxylic acids is 3. The van der Waals surface area contributed by atoms with Crippen molar-refractivity contribution in [3.05, 3.63) is 52.2 Å². The first-order valence-electron chi connectivity index (χ1n) is 7.31. The highest BCUT2D eigenvalue weighted by atomic mass is 32.1. The minimum atomic E-state index is -1.20. The van der Waals surface area contributed by atoms with Gasteiger partial charge in [0.15, 0.2) is 5.78 Å². The van der Waals surface area contributed by atoms with E-state index in [1.807, 2.05) is 0 Å². The zero-order chi connectivity index (χ0) is 17.3. The number of carbonyl (C=O) groups is 3. The lowest BCUT2D eigenvalue weighted by Crippen LogP contribution is -2.41. The van der Waals surface area contributed by atoms with Crippen LogP contribution in [0.15, 0.2) is 41.8 Å². The number of hydrogen-bond acceptors (Lipinski definition) is 5. The second-order valence-electron chi connectivity index (χ2n) is 5.58. The van der Waals surface area contributed by atoms with Crippen LogP contribution in [0, 0.1) is 0 Å². The summed E-state index contributed by atoms with van der Waals surface area (Å²) in [5.41, 5.74) is -0.563. The van der Waals surface area contributed by atoms with Crippen LogP contribution >= 0.6 is 11.3 Å². The van der Waals surface area contributed by atoms with Crippen LogP contribution in [-0.4, -0.2) is 36.3 Å². The second kappa shape index (κ2) is 6.09. The molecule has 0 bridgehead atoms. The second-order valence-corrected chi connectivity index (χ2v) is 6.52. The molecule has 7 heteroatoms. The molecule has 1 aromatic carbocycles. The number of methoxy groups -OCH3 is 1. The Morgan fingerprint density at radius 2 is 1.96 bits per heavy atom. The lowest BCUT2D eigenvalue weighted by molar-refractivity contribution is -0.130. The molecule has 124 valence electrons. The Kier molecular flexibility index (Phi) is 4.11. The van der Waals surface area contributed by atoms with E-state index in [-0.39, 0.29) is 12.3 Å². The van der Waals surface area contributed by atoms with Crippen molar-refractivity contribution in [2.45, 2.75) is 12.5 Å². The summed E-state index contributed by atoms with van der Waals surface area (Å²) < 4.78 is 5.10. The molecule has 3 rings (SSSR count). The van der Waals surface area contributed by atoms with Crippen molar-refractivity contribution in [2.24, 2.45) is 0 Å². The van der Waals surface area contributed by atoms with Crippen molar-refractivity contribution < 1.29 is 19.1 Å². The summed E-state index contributed by atoms with van der Waals surface area (Å²) in [6.45, 7) is 1.36. The minimum absolute atomic E-state index is 0.257. The number of imide groups is 1. The molecule has 1 N–H and O–H groups in total. The van der Waals surface area contributed by atoms with E-state index in [1.54, 1.807) is 55.8 Å². The van der Waals surface area contributed by atoms with Gasteiger partial charge < -0.3 is 10.1 Å². The summed E-state index contributed by atoms with van der Waals surface area (Å²) in [6, 6.07) is 9.75. The van der Waals surface area contributed by atoms with Gasteiger partial charge in [0.2, 0.25) is 0 Å². The van der Waals surface area contributed by atoms with E-state index in [1.165, 1.54) is 11.3 Å². The van der Waals surface area contributed by atoms with Crippen molar-refractivity contribution in [1.29, 1.82) is 0 Å². The molecular formula is C17H16N2O4S. The average molecular weight is 344 g/mol. The van der Waals surface area contributed by atoms with Gasteiger partial charge in [-0.15, -0.1) is 11.3 Å². The Hall–Kier alpha value is -2.67. The molecule has 2 heterocycles. The lowest BCUT2D eigenvalue weighted by Gasteiger charge is -2.22. The Bertz CT molecular complexity index is 785. The Balaban J connectivity index is 1.83. The van der Waals surface area contributed by atoms with Crippen LogP contribution in [0.3, 0.4) is 0 Å². The van der Waals surface area contributed by atoms with Gasteiger partial charge in [-0.05, 0) is 36.1 Å². The van der Waals surface area contributed by atoms with Gasteiger partial charge in [-0.2, -0.15) is 0 Å². The maximum absolute atomic E-state index is 12.8. The summed E-state index contributed by atoms with van der Waals surface area (Å²) in [6.07, 6.45) is 0. The zero-order valence-electron chi connectivity index (χ0n) is 13.2. The third-order valence-electron chi connectivity index (χ3n) is 4.04. The number of amides is 3. The summed E-state index contributed by atoms with van der Waals surface area (Å²) >= 11 is 1.28. The van der Waals surface area contributed by atoms with Crippen molar-refractivity contribution in [3.8, 4) is 5.75 Å². The van der Waals surface area contributed by atoms with Crippen molar-refractivity contribution in [3.63, 3.8) is 0 Å². The SMILES string of the molecule is COc1ccc(C2(C)NC(=O)N(CC(=O)c3cccs3)C2=O)cc1. The van der Waals surface area contributed by atoms with E-state index in [0.29, 0.717) is 16.2 Å². The summed E-state index contributed by atoms with van der Waals surface area (Å²) in [5, 5.41) is 4.46. The van der Waals surface area contributed by atoms with Crippen LogP contribution in [-0.2, 0) is 10.3 Å². The molecule has 1 aliphatic heterocycles. The number of thiophene rings is 1. The fourth-order valence-electron chi connectivity index (χ4n) is 2.62. The first-order chi connectivity index (χ1) is 11.5. The molecule has 1 aromatic heterocycles. The van der Waals surface area contributed by atoms with Gasteiger partial charge in [0.1, 0.15) is 11.3 Å². The fourth-order valence-corrected chi connectivity index (χ4v) is 3.28. The predicted octanol–water partition coefficient (Wildman–Crippen LogP) is 2.41. The smallest absolute Gasteiger partial charge is 0.325 e. The molecule has 1 saturated heterocycles. The first-order valence-corrected chi connectivity index (χ1v) is 8.19. The quantitative estimate of drug-likeness (QED) is 0.667. The Morgan fingerprint density at radius 3 is 2.54 bits per heavy atom. The molecule has 0 saturated carbocycles. The molecule has 1 atom stereocenters. The van der Waals surface area contributed by atoms with Gasteiger partial charge in [-0.3, -0.25) is 14.5 Å². The highest BCUT2D eigenvalue weighted by Gasteiger charge is 2.49. The molecule has 3 amide bonds. The summed E-state index contributed by atoms with van der Waals surface area (Å²) in [4.78, 5) is 38.7. The van der Waals surface area contributed by atoms with E-state index < -0.39 is 17.5 Å². The third-order valence-corrected chi connectivity index (χ3v) is 4.95. The summed E-state index contributed by atoms with van der Waals surface area (Å²) in [7, 11) is 1.55. The molecule has 0 spiro atoms. The van der Waals surface area contributed by atoms with Crippen molar-refractivity contribution in [2.75, 3.05) is 13.7 Å². The fraction of sp³-hybridized carbons (Fsp3) is 0.235. The van der Waals surface area contributed by atoms with Gasteiger partial charge in [0, 0.05) is 0 Å². The molecule has 24 heavy (non-hydrogen) atoms. The number of hydrogen-bond donors (Lipinski definition) is 1. The van der Waals surface area contributed by atoms with Gasteiger partial charge in [-0.25, -0.2) is 4.79 Å². The molecule has 0 radical (unpaired) electrons. The minimum Gasteiger partial charge on any atom is -0.497 e. The standard InChI is InChI=1S/C17H16N2O4S/c1-17(11-5-7-12(23-2)8-6-11)15(21)19(16(22)18-17)10-13(20)14-4-3-9-24-14/h3-9H,10H2,1-2H3,(H,18,22). The molecule has 1 unspecified atom stereocenters. The number of nitrogens with one attached hydrogen (secondary N) is 1. The van der Waals surface area contributed by atoms with Crippen molar-refractivity contribution >= 4 is 29.1 Å². The molecule has 1 aliphatic rings. The van der Waals surface area contributed by atoms with E-state index in [4.69, 9.17) is 4.74 Å². The molecule has 1 fully saturated rings. The monoisotopic (exact) mass is 344 g/mol. The highest BCUT2D eigenvalue weighted by Crippen LogP contribution is 2.30. The number of benzene rings is 1. The lowest BCUT2D eigenvalue weighted by atomic mass is 9.92.